The van der Waals surface area contributed by atoms with Gasteiger partial charge >= 0.3 is 5.97 Å². The van der Waals surface area contributed by atoms with Crippen molar-refractivity contribution < 1.29 is 14.3 Å². The van der Waals surface area contributed by atoms with Crippen LogP contribution >= 0.6 is 0 Å². The van der Waals surface area contributed by atoms with Crippen LogP contribution in [0, 0.1) is 5.41 Å². The van der Waals surface area contributed by atoms with Gasteiger partial charge in [-0.1, -0.05) is 24.3 Å². The van der Waals surface area contributed by atoms with Crippen molar-refractivity contribution in [1.29, 1.82) is 5.41 Å². The number of fused-ring (bicyclic) bond motifs is 1. The lowest BCUT2D eigenvalue weighted by Gasteiger charge is -2.27. The number of methoxy groups -OCH3 is 1. The van der Waals surface area contributed by atoms with Gasteiger partial charge in [0.2, 0.25) is 0 Å². The molecule has 0 atom stereocenters. The second-order valence-electron chi connectivity index (χ2n) is 8.58. The van der Waals surface area contributed by atoms with Crippen molar-refractivity contribution in [3.05, 3.63) is 70.9 Å². The molecule has 1 aromatic heterocycles. The fourth-order valence-electron chi connectivity index (χ4n) is 4.35. The minimum absolute atomic E-state index is 0.0309. The molecule has 1 amide bonds. The molecule has 1 saturated carbocycles. The topological polar surface area (TPSA) is 136 Å². The molecule has 1 fully saturated rings. The van der Waals surface area contributed by atoms with Crippen LogP contribution in [0.25, 0.3) is 10.9 Å². The van der Waals surface area contributed by atoms with Crippen molar-refractivity contribution in [3.8, 4) is 0 Å². The number of rotatable bonds is 6. The van der Waals surface area contributed by atoms with Gasteiger partial charge in [-0.2, -0.15) is 0 Å². The Morgan fingerprint density at radius 2 is 1.73 bits per heavy atom. The quantitative estimate of drug-likeness (QED) is 0.262. The molecule has 33 heavy (non-hydrogen) atoms. The number of esters is 1. The number of hydrogen-bond acceptors (Lipinski definition) is 5. The SMILES string of the molecule is COC(=O)c1ccc(Cn2c(C(=O)N[C@H]3CC[C@H](N)CC3)cc3ccc(C(=N)N)cc32)cc1. The summed E-state index contributed by atoms with van der Waals surface area (Å²) in [6.45, 7) is 0.421. The van der Waals surface area contributed by atoms with Crippen LogP contribution in [0.15, 0.2) is 48.5 Å². The number of amidine groups is 1. The Bertz CT molecular complexity index is 1190. The summed E-state index contributed by atoms with van der Waals surface area (Å²) in [6.07, 6.45) is 3.55. The summed E-state index contributed by atoms with van der Waals surface area (Å²) in [7, 11) is 1.35. The summed E-state index contributed by atoms with van der Waals surface area (Å²) in [5.74, 6) is -0.565. The number of nitrogen functional groups attached to an aromatic ring is 1. The highest BCUT2D eigenvalue weighted by atomic mass is 16.5. The van der Waals surface area contributed by atoms with E-state index in [1.54, 1.807) is 18.2 Å². The third kappa shape index (κ3) is 4.90. The van der Waals surface area contributed by atoms with Gasteiger partial charge < -0.3 is 26.1 Å². The number of carbonyl (C=O) groups is 2. The van der Waals surface area contributed by atoms with Crippen LogP contribution in [0.2, 0.25) is 0 Å². The van der Waals surface area contributed by atoms with Gasteiger partial charge in [0, 0.05) is 35.1 Å². The molecule has 1 heterocycles. The third-order valence-corrected chi connectivity index (χ3v) is 6.27. The van der Waals surface area contributed by atoms with Crippen LogP contribution in [0.3, 0.4) is 0 Å². The number of nitrogens with zero attached hydrogens (tertiary/aromatic N) is 1. The van der Waals surface area contributed by atoms with Gasteiger partial charge in [0.1, 0.15) is 11.5 Å². The van der Waals surface area contributed by atoms with E-state index in [4.69, 9.17) is 21.6 Å². The number of nitrogens with one attached hydrogen (secondary N) is 2. The zero-order chi connectivity index (χ0) is 23.5. The van der Waals surface area contributed by atoms with Crippen molar-refractivity contribution in [3.63, 3.8) is 0 Å². The number of benzene rings is 2. The highest BCUT2D eigenvalue weighted by Crippen LogP contribution is 2.24. The highest BCUT2D eigenvalue weighted by Gasteiger charge is 2.23. The molecule has 2 aromatic carbocycles. The molecule has 4 rings (SSSR count). The van der Waals surface area contributed by atoms with Crippen molar-refractivity contribution >= 4 is 28.6 Å². The maximum atomic E-state index is 13.3. The van der Waals surface area contributed by atoms with Crippen LogP contribution in [-0.2, 0) is 11.3 Å². The van der Waals surface area contributed by atoms with Crippen molar-refractivity contribution in [2.45, 2.75) is 44.3 Å². The van der Waals surface area contributed by atoms with Gasteiger partial charge in [-0.25, -0.2) is 4.79 Å². The summed E-state index contributed by atoms with van der Waals surface area (Å²) in [5.41, 5.74) is 15.0. The van der Waals surface area contributed by atoms with Crippen LogP contribution in [0.5, 0.6) is 0 Å². The van der Waals surface area contributed by atoms with Crippen LogP contribution < -0.4 is 16.8 Å². The fraction of sp³-hybridized carbons (Fsp3) is 0.320. The summed E-state index contributed by atoms with van der Waals surface area (Å²) in [5, 5.41) is 11.9. The number of nitrogens with two attached hydrogens (primary N) is 2. The Kier molecular flexibility index (Phi) is 6.46. The predicted molar refractivity (Wildman–Crippen MR) is 128 cm³/mol. The Morgan fingerprint density at radius 1 is 1.06 bits per heavy atom. The van der Waals surface area contributed by atoms with E-state index in [1.807, 2.05) is 34.9 Å². The molecular formula is C25H29N5O3. The first-order chi connectivity index (χ1) is 15.9. The Hall–Kier alpha value is -3.65. The standard InChI is InChI=1S/C25H29N5O3/c1-33-25(32)16-4-2-15(3-5-16)14-30-21-13-18(23(27)28)7-6-17(21)12-22(30)24(31)29-20-10-8-19(26)9-11-20/h2-7,12-13,19-20H,8-11,14,26H2,1H3,(H3,27,28)(H,29,31)/t19-,20-. The molecule has 0 unspecified atom stereocenters. The van der Waals surface area contributed by atoms with Gasteiger partial charge in [0.25, 0.3) is 5.91 Å². The van der Waals surface area contributed by atoms with Gasteiger partial charge in [-0.05, 0) is 55.5 Å². The maximum Gasteiger partial charge on any atom is 0.337 e. The van der Waals surface area contributed by atoms with Gasteiger partial charge in [-0.3, -0.25) is 10.2 Å². The molecule has 8 nitrogen and oxygen atoms in total. The Balaban J connectivity index is 1.68. The Morgan fingerprint density at radius 3 is 2.36 bits per heavy atom. The van der Waals surface area contributed by atoms with Crippen LogP contribution in [0.4, 0.5) is 0 Å². The maximum absolute atomic E-state index is 13.3. The highest BCUT2D eigenvalue weighted by molar-refractivity contribution is 6.02. The molecule has 1 aliphatic carbocycles. The summed E-state index contributed by atoms with van der Waals surface area (Å²) in [4.78, 5) is 25.0. The first-order valence-electron chi connectivity index (χ1n) is 11.1. The summed E-state index contributed by atoms with van der Waals surface area (Å²) >= 11 is 0. The first kappa shape index (κ1) is 22.5. The van der Waals surface area contributed by atoms with E-state index in [1.165, 1.54) is 7.11 Å². The lowest BCUT2D eigenvalue weighted by molar-refractivity contribution is 0.0600. The lowest BCUT2D eigenvalue weighted by Crippen LogP contribution is -2.41. The molecule has 6 N–H and O–H groups in total. The predicted octanol–water partition coefficient (Wildman–Crippen LogP) is 2.76. The average Bonchev–Trinajstić information content (AvgIpc) is 3.18. The molecule has 0 radical (unpaired) electrons. The van der Waals surface area contributed by atoms with Crippen molar-refractivity contribution in [1.82, 2.24) is 9.88 Å². The van der Waals surface area contributed by atoms with E-state index >= 15 is 0 Å². The molecule has 8 heteroatoms. The molecule has 3 aromatic rings. The van der Waals surface area contributed by atoms with E-state index in [0.717, 1.165) is 42.1 Å². The van der Waals surface area contributed by atoms with E-state index in [0.29, 0.717) is 23.4 Å². The van der Waals surface area contributed by atoms with Gasteiger partial charge in [0.05, 0.1) is 12.7 Å². The molecule has 0 bridgehead atoms. The third-order valence-electron chi connectivity index (χ3n) is 6.27. The smallest absolute Gasteiger partial charge is 0.337 e. The zero-order valence-electron chi connectivity index (χ0n) is 18.6. The monoisotopic (exact) mass is 447 g/mol. The average molecular weight is 448 g/mol. The summed E-state index contributed by atoms with van der Waals surface area (Å²) < 4.78 is 6.70. The molecular weight excluding hydrogens is 418 g/mol. The van der Waals surface area contributed by atoms with Gasteiger partial charge in [0.15, 0.2) is 0 Å². The molecule has 0 saturated heterocycles. The van der Waals surface area contributed by atoms with E-state index in [2.05, 4.69) is 5.32 Å². The van der Waals surface area contributed by atoms with Crippen molar-refractivity contribution in [2.24, 2.45) is 11.5 Å². The molecule has 172 valence electrons. The second kappa shape index (κ2) is 9.46. The zero-order valence-corrected chi connectivity index (χ0v) is 18.6. The van der Waals surface area contributed by atoms with Crippen molar-refractivity contribution in [2.75, 3.05) is 7.11 Å². The molecule has 1 aliphatic rings. The number of hydrogen-bond donors (Lipinski definition) is 4. The fourth-order valence-corrected chi connectivity index (χ4v) is 4.35. The minimum atomic E-state index is -0.397. The van der Waals surface area contributed by atoms with Gasteiger partial charge in [-0.15, -0.1) is 0 Å². The van der Waals surface area contributed by atoms with Crippen LogP contribution in [-0.4, -0.2) is 41.5 Å². The lowest BCUT2D eigenvalue weighted by atomic mass is 9.92. The Labute approximate surface area is 192 Å². The van der Waals surface area contributed by atoms with E-state index < -0.39 is 5.97 Å². The normalized spacial score (nSPS) is 18.1. The largest absolute Gasteiger partial charge is 0.465 e. The summed E-state index contributed by atoms with van der Waals surface area (Å²) in [6, 6.07) is 14.8. The molecule has 0 spiro atoms. The van der Waals surface area contributed by atoms with Crippen LogP contribution in [0.1, 0.15) is 57.7 Å². The van der Waals surface area contributed by atoms with E-state index in [9.17, 15) is 9.59 Å². The minimum Gasteiger partial charge on any atom is -0.465 e. The molecule has 0 aliphatic heterocycles. The van der Waals surface area contributed by atoms with E-state index in [-0.39, 0.29) is 23.8 Å². The first-order valence-corrected chi connectivity index (χ1v) is 11.1. The second-order valence-corrected chi connectivity index (χ2v) is 8.58. The number of aromatic nitrogens is 1. The number of ether oxygens (including phenoxy) is 1. The number of amides is 1. The number of carbonyl (C=O) groups excluding carboxylic acids is 2.